The van der Waals surface area contributed by atoms with Gasteiger partial charge in [-0.25, -0.2) is 0 Å². The predicted octanol–water partition coefficient (Wildman–Crippen LogP) is 1.02. The molecule has 1 aliphatic rings. The number of rotatable bonds is 4. The molecule has 0 aromatic carbocycles. The summed E-state index contributed by atoms with van der Waals surface area (Å²) in [6.45, 7) is 3.52. The van der Waals surface area contributed by atoms with E-state index in [0.717, 1.165) is 0 Å². The number of aliphatic hydroxyl groups is 2. The Morgan fingerprint density at radius 2 is 1.87 bits per heavy atom. The van der Waals surface area contributed by atoms with Crippen molar-refractivity contribution in [2.75, 3.05) is 11.9 Å². The summed E-state index contributed by atoms with van der Waals surface area (Å²) in [5, 5.41) is 19.2. The highest BCUT2D eigenvalue weighted by molar-refractivity contribution is 9.09. The van der Waals surface area contributed by atoms with Crippen molar-refractivity contribution in [3.63, 3.8) is 0 Å². The lowest BCUT2D eigenvalue weighted by Gasteiger charge is -2.23. The summed E-state index contributed by atoms with van der Waals surface area (Å²) in [6.07, 6.45) is -1.43. The highest BCUT2D eigenvalue weighted by atomic mass is 79.9. The maximum Gasteiger partial charge on any atom is 0.163 e. The van der Waals surface area contributed by atoms with Gasteiger partial charge in [-0.05, 0) is 13.8 Å². The Morgan fingerprint density at radius 3 is 2.33 bits per heavy atom. The molecule has 6 heteroatoms. The van der Waals surface area contributed by atoms with E-state index < -0.39 is 18.0 Å². The van der Waals surface area contributed by atoms with Crippen LogP contribution in [-0.2, 0) is 9.47 Å². The molecule has 0 aliphatic carbocycles. The van der Waals surface area contributed by atoms with Gasteiger partial charge in [-0.2, -0.15) is 0 Å². The number of hydrogen-bond acceptors (Lipinski definition) is 4. The average molecular weight is 348 g/mol. The smallest absolute Gasteiger partial charge is 0.163 e. The van der Waals surface area contributed by atoms with Gasteiger partial charge in [-0.3, -0.25) is 0 Å². The van der Waals surface area contributed by atoms with Crippen molar-refractivity contribution in [3.05, 3.63) is 0 Å². The molecule has 2 N–H and O–H groups in total. The number of hydrogen-bond donors (Lipinski definition) is 2. The molecule has 4 nitrogen and oxygen atoms in total. The highest BCUT2D eigenvalue weighted by Crippen LogP contribution is 2.34. The maximum atomic E-state index is 9.75. The predicted molar refractivity (Wildman–Crippen MR) is 63.4 cm³/mol. The van der Waals surface area contributed by atoms with E-state index in [0.29, 0.717) is 5.33 Å². The first-order valence-corrected chi connectivity index (χ1v) is 6.79. The third kappa shape index (κ3) is 3.38. The molecule has 1 aliphatic heterocycles. The molecular formula is C9H16Br2O4. The van der Waals surface area contributed by atoms with Gasteiger partial charge in [0.1, 0.15) is 12.2 Å². The second-order valence-corrected chi connectivity index (χ2v) is 5.81. The van der Waals surface area contributed by atoms with Gasteiger partial charge in [-0.15, -0.1) is 0 Å². The van der Waals surface area contributed by atoms with Crippen LogP contribution in [0.3, 0.4) is 0 Å². The van der Waals surface area contributed by atoms with Crippen LogP contribution in [0, 0.1) is 0 Å². The van der Waals surface area contributed by atoms with Crippen LogP contribution in [-0.4, -0.2) is 51.1 Å². The van der Waals surface area contributed by atoms with Crippen molar-refractivity contribution < 1.29 is 19.7 Å². The van der Waals surface area contributed by atoms with Crippen molar-refractivity contribution in [2.45, 2.75) is 42.8 Å². The molecule has 1 fully saturated rings. The Balaban J connectivity index is 2.74. The Kier molecular flexibility index (Phi) is 5.01. The third-order valence-corrected chi connectivity index (χ3v) is 3.71. The first-order valence-electron chi connectivity index (χ1n) is 4.76. The van der Waals surface area contributed by atoms with Crippen molar-refractivity contribution in [1.29, 1.82) is 0 Å². The van der Waals surface area contributed by atoms with Gasteiger partial charge in [0.15, 0.2) is 5.79 Å². The highest BCUT2D eigenvalue weighted by Gasteiger charge is 2.47. The Hall–Kier alpha value is 0.800. The number of aliphatic hydroxyl groups excluding tert-OH is 2. The van der Waals surface area contributed by atoms with Gasteiger partial charge < -0.3 is 19.7 Å². The maximum absolute atomic E-state index is 9.75. The van der Waals surface area contributed by atoms with Crippen LogP contribution in [0.15, 0.2) is 0 Å². The summed E-state index contributed by atoms with van der Waals surface area (Å²) in [7, 11) is 0. The lowest BCUT2D eigenvalue weighted by Crippen LogP contribution is -2.42. The van der Waals surface area contributed by atoms with E-state index in [4.69, 9.17) is 14.6 Å². The van der Waals surface area contributed by atoms with Crippen LogP contribution < -0.4 is 0 Å². The zero-order valence-electron chi connectivity index (χ0n) is 8.69. The molecule has 1 rings (SSSR count). The molecule has 0 spiro atoms. The Bertz CT molecular complexity index is 192. The topological polar surface area (TPSA) is 58.9 Å². The molecule has 90 valence electrons. The summed E-state index contributed by atoms with van der Waals surface area (Å²) in [5.74, 6) is -0.723. The van der Waals surface area contributed by atoms with Gasteiger partial charge in [0.2, 0.25) is 0 Å². The molecule has 1 saturated heterocycles. The lowest BCUT2D eigenvalue weighted by atomic mass is 10.1. The normalized spacial score (nSPS) is 34.0. The van der Waals surface area contributed by atoms with Crippen molar-refractivity contribution in [1.82, 2.24) is 0 Å². The van der Waals surface area contributed by atoms with Crippen LogP contribution in [0.4, 0.5) is 0 Å². The summed E-state index contributed by atoms with van der Waals surface area (Å²) in [5.41, 5.74) is 0. The van der Waals surface area contributed by atoms with Gasteiger partial charge in [0, 0.05) is 5.33 Å². The fourth-order valence-electron chi connectivity index (χ4n) is 1.59. The molecular weight excluding hydrogens is 332 g/mol. The minimum atomic E-state index is -0.723. The van der Waals surface area contributed by atoms with Crippen LogP contribution in [0.1, 0.15) is 13.8 Å². The van der Waals surface area contributed by atoms with Gasteiger partial charge >= 0.3 is 0 Å². The monoisotopic (exact) mass is 346 g/mol. The Labute approximate surface area is 106 Å². The number of alkyl halides is 2. The molecule has 0 radical (unpaired) electrons. The summed E-state index contributed by atoms with van der Waals surface area (Å²) in [6, 6.07) is 0. The SMILES string of the molecule is CC1(C)O[C@H]([C@@H](O)CBr)[C@@H]([C@@H](Br)CO)O1. The standard InChI is InChI=1S/C9H16Br2O4/c1-9(2)14-7(5(11)4-12)8(15-9)6(13)3-10/h5-8,12-13H,3-4H2,1-2H3/t5-,6-,7+,8+/m0/s1. The summed E-state index contributed by atoms with van der Waals surface area (Å²) >= 11 is 6.51. The van der Waals surface area contributed by atoms with Crippen LogP contribution >= 0.6 is 31.9 Å². The second kappa shape index (κ2) is 5.42. The fraction of sp³-hybridized carbons (Fsp3) is 1.00. The number of halogens is 2. The second-order valence-electron chi connectivity index (χ2n) is 3.98. The van der Waals surface area contributed by atoms with Crippen molar-refractivity contribution in [3.8, 4) is 0 Å². The Morgan fingerprint density at radius 1 is 1.33 bits per heavy atom. The molecule has 0 amide bonds. The van der Waals surface area contributed by atoms with Crippen molar-refractivity contribution in [2.24, 2.45) is 0 Å². The summed E-state index contributed by atoms with van der Waals surface area (Å²) in [4.78, 5) is -0.238. The van der Waals surface area contributed by atoms with E-state index in [2.05, 4.69) is 31.9 Å². The minimum Gasteiger partial charge on any atom is -0.395 e. The van der Waals surface area contributed by atoms with E-state index in [1.54, 1.807) is 13.8 Å². The van der Waals surface area contributed by atoms with Gasteiger partial charge in [0.25, 0.3) is 0 Å². The number of ether oxygens (including phenoxy) is 2. The fourth-order valence-corrected chi connectivity index (χ4v) is 2.36. The largest absolute Gasteiger partial charge is 0.395 e. The molecule has 0 saturated carbocycles. The van der Waals surface area contributed by atoms with Gasteiger partial charge in [-0.1, -0.05) is 31.9 Å². The quantitative estimate of drug-likeness (QED) is 0.745. The van der Waals surface area contributed by atoms with Crippen molar-refractivity contribution >= 4 is 31.9 Å². The molecule has 0 aromatic heterocycles. The molecule has 0 unspecified atom stereocenters. The lowest BCUT2D eigenvalue weighted by molar-refractivity contribution is -0.154. The van der Waals surface area contributed by atoms with E-state index in [-0.39, 0.29) is 17.5 Å². The minimum absolute atomic E-state index is 0.0599. The molecule has 15 heavy (non-hydrogen) atoms. The van der Waals surface area contributed by atoms with Crippen LogP contribution in [0.25, 0.3) is 0 Å². The zero-order chi connectivity index (χ0) is 11.6. The zero-order valence-corrected chi connectivity index (χ0v) is 11.9. The molecule has 0 aromatic rings. The average Bonchev–Trinajstić information content (AvgIpc) is 2.52. The third-order valence-electron chi connectivity index (χ3n) is 2.23. The van der Waals surface area contributed by atoms with E-state index >= 15 is 0 Å². The van der Waals surface area contributed by atoms with Gasteiger partial charge in [0.05, 0.1) is 17.5 Å². The van der Waals surface area contributed by atoms with E-state index in [1.807, 2.05) is 0 Å². The molecule has 1 heterocycles. The first-order chi connectivity index (χ1) is 6.91. The van der Waals surface area contributed by atoms with Crippen LogP contribution in [0.5, 0.6) is 0 Å². The first kappa shape index (κ1) is 13.9. The summed E-state index contributed by atoms with van der Waals surface area (Å²) < 4.78 is 11.2. The molecule has 0 bridgehead atoms. The molecule has 4 atom stereocenters. The van der Waals surface area contributed by atoms with E-state index in [1.165, 1.54) is 0 Å². The van der Waals surface area contributed by atoms with Crippen LogP contribution in [0.2, 0.25) is 0 Å². The van der Waals surface area contributed by atoms with E-state index in [9.17, 15) is 5.11 Å².